The molecule has 9 heteroatoms. The Morgan fingerprint density at radius 2 is 1.72 bits per heavy atom. The first-order valence-electron chi connectivity index (χ1n) is 8.75. The molecule has 0 spiro atoms. The maximum atomic E-state index is 12.7. The van der Waals surface area contributed by atoms with Crippen LogP contribution in [0.5, 0.6) is 0 Å². The highest BCUT2D eigenvalue weighted by atomic mass is 32.2. The molecule has 1 N–H and O–H groups in total. The van der Waals surface area contributed by atoms with Gasteiger partial charge < -0.3 is 0 Å². The number of hydrogen-bond acceptors (Lipinski definition) is 4. The Labute approximate surface area is 171 Å². The molecule has 3 aromatic rings. The molecule has 0 amide bonds. The van der Waals surface area contributed by atoms with Crippen molar-refractivity contribution >= 4 is 21.4 Å². The molecule has 29 heavy (non-hydrogen) atoms. The Hall–Kier alpha value is -2.23. The molecule has 0 radical (unpaired) electrons. The van der Waals surface area contributed by atoms with Crippen LogP contribution in [0.1, 0.15) is 22.4 Å². The molecule has 0 bridgehead atoms. The number of nitrogens with one attached hydrogen (secondary N) is 1. The zero-order chi connectivity index (χ0) is 21.2. The minimum Gasteiger partial charge on any atom is -0.241 e. The van der Waals surface area contributed by atoms with Crippen LogP contribution in [0.15, 0.2) is 52.7 Å². The molecule has 154 valence electrons. The second-order valence-electron chi connectivity index (χ2n) is 6.61. The second-order valence-corrected chi connectivity index (χ2v) is 9.24. The van der Waals surface area contributed by atoms with E-state index in [0.29, 0.717) is 22.7 Å². The summed E-state index contributed by atoms with van der Waals surface area (Å²) in [5.74, 6) is 0. The number of hydrogen-bond donors (Lipinski definition) is 1. The number of halogens is 3. The third kappa shape index (κ3) is 5.23. The summed E-state index contributed by atoms with van der Waals surface area (Å²) in [6.07, 6.45) is -4.00. The zero-order valence-electron chi connectivity index (χ0n) is 15.7. The number of sulfonamides is 1. The summed E-state index contributed by atoms with van der Waals surface area (Å²) in [5.41, 5.74) is 2.47. The molecule has 1 heterocycles. The fourth-order valence-electron chi connectivity index (χ4n) is 2.63. The Morgan fingerprint density at radius 3 is 2.34 bits per heavy atom. The molecule has 0 unspecified atom stereocenters. The largest absolute Gasteiger partial charge is 0.416 e. The Kier molecular flexibility index (Phi) is 6.11. The molecule has 0 saturated carbocycles. The molecule has 2 aromatic carbocycles. The average Bonchev–Trinajstić information content (AvgIpc) is 3.12. The molecule has 0 saturated heterocycles. The van der Waals surface area contributed by atoms with Gasteiger partial charge in [0.2, 0.25) is 10.0 Å². The lowest BCUT2D eigenvalue weighted by Gasteiger charge is -2.08. The normalized spacial score (nSPS) is 12.3. The van der Waals surface area contributed by atoms with Crippen molar-refractivity contribution in [3.63, 3.8) is 0 Å². The smallest absolute Gasteiger partial charge is 0.241 e. The topological polar surface area (TPSA) is 59.1 Å². The van der Waals surface area contributed by atoms with Gasteiger partial charge in [-0.25, -0.2) is 18.1 Å². The van der Waals surface area contributed by atoms with Gasteiger partial charge in [-0.2, -0.15) is 13.2 Å². The van der Waals surface area contributed by atoms with Crippen LogP contribution < -0.4 is 4.72 Å². The fourth-order valence-corrected chi connectivity index (χ4v) is 4.61. The maximum Gasteiger partial charge on any atom is 0.416 e. The van der Waals surface area contributed by atoms with Gasteiger partial charge in [0.05, 0.1) is 16.2 Å². The summed E-state index contributed by atoms with van der Waals surface area (Å²) in [5, 5.41) is 2.36. The van der Waals surface area contributed by atoms with Crippen molar-refractivity contribution in [1.82, 2.24) is 9.71 Å². The van der Waals surface area contributed by atoms with Gasteiger partial charge in [-0.05, 0) is 49.2 Å². The molecule has 0 fully saturated rings. The van der Waals surface area contributed by atoms with Gasteiger partial charge in [0.15, 0.2) is 0 Å². The molecule has 3 rings (SSSR count). The Balaban J connectivity index is 1.62. The molecule has 4 nitrogen and oxygen atoms in total. The highest BCUT2D eigenvalue weighted by Crippen LogP contribution is 2.31. The van der Waals surface area contributed by atoms with Crippen LogP contribution in [0.2, 0.25) is 0 Å². The van der Waals surface area contributed by atoms with E-state index in [0.717, 1.165) is 23.3 Å². The van der Waals surface area contributed by atoms with Crippen LogP contribution in [0.4, 0.5) is 13.2 Å². The molecule has 0 atom stereocenters. The van der Waals surface area contributed by atoms with Gasteiger partial charge in [-0.3, -0.25) is 0 Å². The summed E-state index contributed by atoms with van der Waals surface area (Å²) in [4.78, 5) is 4.61. The van der Waals surface area contributed by atoms with Gasteiger partial charge in [0.25, 0.3) is 0 Å². The minimum absolute atomic E-state index is 0.172. The van der Waals surface area contributed by atoms with Gasteiger partial charge in [0, 0.05) is 23.9 Å². The van der Waals surface area contributed by atoms with Crippen molar-refractivity contribution in [1.29, 1.82) is 0 Å². The monoisotopic (exact) mass is 440 g/mol. The van der Waals surface area contributed by atoms with E-state index >= 15 is 0 Å². The Morgan fingerprint density at radius 1 is 1.03 bits per heavy atom. The zero-order valence-corrected chi connectivity index (χ0v) is 17.4. The Bertz CT molecular complexity index is 1110. The number of thiazole rings is 1. The van der Waals surface area contributed by atoms with Crippen molar-refractivity contribution in [2.75, 3.05) is 6.54 Å². The summed E-state index contributed by atoms with van der Waals surface area (Å²) in [6, 6.07) is 9.77. The summed E-state index contributed by atoms with van der Waals surface area (Å²) < 4.78 is 65.3. The molecular weight excluding hydrogens is 421 g/mol. The van der Waals surface area contributed by atoms with Crippen LogP contribution in [0.25, 0.3) is 10.6 Å². The number of aryl methyl sites for hydroxylation is 2. The van der Waals surface area contributed by atoms with E-state index in [1.165, 1.54) is 23.5 Å². The van der Waals surface area contributed by atoms with Crippen molar-refractivity contribution < 1.29 is 21.6 Å². The standard InChI is InChI=1S/C20H19F3N2O2S2/c1-13-3-8-18(11-14(13)2)29(26,27)24-10-9-17-12-28-19(25-17)15-4-6-16(7-5-15)20(21,22)23/h3-8,11-12,24H,9-10H2,1-2H3. The predicted octanol–water partition coefficient (Wildman–Crippen LogP) is 4.97. The van der Waals surface area contributed by atoms with Crippen LogP contribution in [0, 0.1) is 13.8 Å². The quantitative estimate of drug-likeness (QED) is 0.589. The first kappa shape index (κ1) is 21.5. The van der Waals surface area contributed by atoms with Crippen LogP contribution >= 0.6 is 11.3 Å². The van der Waals surface area contributed by atoms with Crippen molar-refractivity contribution in [3.8, 4) is 10.6 Å². The molecule has 0 aliphatic rings. The third-order valence-electron chi connectivity index (χ3n) is 4.47. The van der Waals surface area contributed by atoms with E-state index in [1.54, 1.807) is 23.6 Å². The van der Waals surface area contributed by atoms with Crippen molar-refractivity contribution in [2.24, 2.45) is 0 Å². The number of nitrogens with zero attached hydrogens (tertiary/aromatic N) is 1. The number of alkyl halides is 3. The predicted molar refractivity (Wildman–Crippen MR) is 107 cm³/mol. The van der Waals surface area contributed by atoms with Gasteiger partial charge in [-0.1, -0.05) is 18.2 Å². The summed E-state index contributed by atoms with van der Waals surface area (Å²) in [6.45, 7) is 3.94. The van der Waals surface area contributed by atoms with Crippen LogP contribution in [-0.2, 0) is 22.6 Å². The van der Waals surface area contributed by atoms with Crippen LogP contribution in [0.3, 0.4) is 0 Å². The molecular formula is C20H19F3N2O2S2. The van der Waals surface area contributed by atoms with E-state index in [2.05, 4.69) is 9.71 Å². The van der Waals surface area contributed by atoms with Gasteiger partial charge in [0.1, 0.15) is 5.01 Å². The minimum atomic E-state index is -4.38. The van der Waals surface area contributed by atoms with Crippen molar-refractivity contribution in [3.05, 3.63) is 70.2 Å². The van der Waals surface area contributed by atoms with E-state index in [-0.39, 0.29) is 11.4 Å². The summed E-state index contributed by atoms with van der Waals surface area (Å²) >= 11 is 1.30. The van der Waals surface area contributed by atoms with E-state index in [9.17, 15) is 21.6 Å². The highest BCUT2D eigenvalue weighted by molar-refractivity contribution is 7.89. The SMILES string of the molecule is Cc1ccc(S(=O)(=O)NCCc2csc(-c3ccc(C(F)(F)F)cc3)n2)cc1C. The first-order valence-corrected chi connectivity index (χ1v) is 11.1. The fraction of sp³-hybridized carbons (Fsp3) is 0.250. The van der Waals surface area contributed by atoms with Crippen LogP contribution in [-0.4, -0.2) is 19.9 Å². The molecule has 1 aromatic heterocycles. The summed E-state index contributed by atoms with van der Waals surface area (Å²) in [7, 11) is -3.61. The van der Waals surface area contributed by atoms with Gasteiger partial charge >= 0.3 is 6.18 Å². The lowest BCUT2D eigenvalue weighted by Crippen LogP contribution is -2.26. The average molecular weight is 441 g/mol. The van der Waals surface area contributed by atoms with E-state index in [1.807, 2.05) is 13.8 Å². The second kappa shape index (κ2) is 8.25. The third-order valence-corrected chi connectivity index (χ3v) is 6.87. The van der Waals surface area contributed by atoms with Gasteiger partial charge in [-0.15, -0.1) is 11.3 Å². The number of aromatic nitrogens is 1. The molecule has 0 aliphatic heterocycles. The first-order chi connectivity index (χ1) is 13.6. The molecule has 0 aliphatic carbocycles. The van der Waals surface area contributed by atoms with E-state index in [4.69, 9.17) is 0 Å². The lowest BCUT2D eigenvalue weighted by molar-refractivity contribution is -0.137. The highest BCUT2D eigenvalue weighted by Gasteiger charge is 2.30. The lowest BCUT2D eigenvalue weighted by atomic mass is 10.1. The maximum absolute atomic E-state index is 12.7. The number of benzene rings is 2. The van der Waals surface area contributed by atoms with Crippen molar-refractivity contribution in [2.45, 2.75) is 31.3 Å². The van der Waals surface area contributed by atoms with E-state index < -0.39 is 21.8 Å². The number of rotatable bonds is 6.